The lowest BCUT2D eigenvalue weighted by molar-refractivity contribution is -0.148. The van der Waals surface area contributed by atoms with Gasteiger partial charge in [-0.2, -0.15) is 0 Å². The molecule has 0 unspecified atom stereocenters. The van der Waals surface area contributed by atoms with E-state index in [1.807, 2.05) is 12.1 Å². The maximum atomic E-state index is 13.2. The van der Waals surface area contributed by atoms with Crippen LogP contribution in [0.4, 0.5) is 0 Å². The van der Waals surface area contributed by atoms with E-state index in [2.05, 4.69) is 6.08 Å². The van der Waals surface area contributed by atoms with Crippen LogP contribution in [0.3, 0.4) is 0 Å². The van der Waals surface area contributed by atoms with E-state index in [0.29, 0.717) is 17.7 Å². The van der Waals surface area contributed by atoms with Crippen molar-refractivity contribution in [3.63, 3.8) is 0 Å². The first-order valence-electron chi connectivity index (χ1n) is 9.96. The molecule has 1 saturated heterocycles. The molecule has 0 saturated carbocycles. The van der Waals surface area contributed by atoms with Crippen molar-refractivity contribution in [3.05, 3.63) is 39.8 Å². The number of hydrogen-bond donors (Lipinski definition) is 1. The molecule has 7 nitrogen and oxygen atoms in total. The van der Waals surface area contributed by atoms with Gasteiger partial charge in [0.15, 0.2) is 0 Å². The summed E-state index contributed by atoms with van der Waals surface area (Å²) < 4.78 is 6.71. The number of aliphatic hydroxyl groups is 1. The summed E-state index contributed by atoms with van der Waals surface area (Å²) >= 11 is 0. The second kappa shape index (κ2) is 7.20. The highest BCUT2D eigenvalue weighted by molar-refractivity contribution is 5.81. The molecule has 150 valence electrons. The molecule has 0 aromatic carbocycles. The van der Waals surface area contributed by atoms with Gasteiger partial charge in [0.25, 0.3) is 5.56 Å². The highest BCUT2D eigenvalue weighted by atomic mass is 16.5. The number of fused-ring (bicyclic) bond motifs is 4. The van der Waals surface area contributed by atoms with Crippen LogP contribution in [-0.2, 0) is 20.9 Å². The molecule has 1 N–H and O–H groups in total. The number of nitrogens with zero attached hydrogens (tertiary/aromatic N) is 2. The lowest BCUT2D eigenvalue weighted by Gasteiger charge is -2.38. The smallest absolute Gasteiger partial charge is 0.311 e. The van der Waals surface area contributed by atoms with Crippen LogP contribution in [0.1, 0.15) is 49.9 Å². The number of esters is 1. The van der Waals surface area contributed by atoms with Gasteiger partial charge in [0.1, 0.15) is 0 Å². The standard InChI is InChI=1S/C21H26N2O5/c1-3-17(25)23-16-10-22-15(19(23)18(14(16)11-24)21(27)28-2)9-8-13(20(22)26)12-6-4-5-7-12/h6,8-9,14,16,18-19,24H,3-5,7,10-11H2,1-2H3/t14-,16-,18+,19+/m0/s1. The molecule has 2 bridgehead atoms. The zero-order chi connectivity index (χ0) is 20.0. The maximum absolute atomic E-state index is 13.2. The summed E-state index contributed by atoms with van der Waals surface area (Å²) in [6.07, 6.45) is 5.34. The van der Waals surface area contributed by atoms with Crippen molar-refractivity contribution in [2.75, 3.05) is 13.7 Å². The number of pyridine rings is 1. The third-order valence-corrected chi connectivity index (χ3v) is 6.49. The van der Waals surface area contributed by atoms with Crippen LogP contribution >= 0.6 is 0 Å². The van der Waals surface area contributed by atoms with Gasteiger partial charge in [-0.05, 0) is 37.0 Å². The van der Waals surface area contributed by atoms with E-state index in [9.17, 15) is 19.5 Å². The van der Waals surface area contributed by atoms with Crippen LogP contribution in [0.15, 0.2) is 23.0 Å². The Bertz CT molecular complexity index is 903. The molecule has 3 heterocycles. The van der Waals surface area contributed by atoms with Crippen LogP contribution in [0.2, 0.25) is 0 Å². The van der Waals surface area contributed by atoms with Crippen molar-refractivity contribution in [2.45, 2.75) is 51.2 Å². The zero-order valence-corrected chi connectivity index (χ0v) is 16.3. The van der Waals surface area contributed by atoms with Gasteiger partial charge in [0, 0.05) is 36.7 Å². The minimum Gasteiger partial charge on any atom is -0.469 e. The molecule has 1 aromatic rings. The largest absolute Gasteiger partial charge is 0.469 e. The average molecular weight is 386 g/mol. The van der Waals surface area contributed by atoms with Crippen LogP contribution < -0.4 is 5.56 Å². The Labute approximate surface area is 163 Å². The number of allylic oxidation sites excluding steroid dienone is 2. The van der Waals surface area contributed by atoms with E-state index < -0.39 is 29.9 Å². The number of carbonyl (C=O) groups is 2. The van der Waals surface area contributed by atoms with E-state index in [1.54, 1.807) is 16.4 Å². The molecule has 7 heteroatoms. The Hall–Kier alpha value is -2.41. The van der Waals surface area contributed by atoms with E-state index in [-0.39, 0.29) is 24.6 Å². The van der Waals surface area contributed by atoms with Gasteiger partial charge in [0.2, 0.25) is 5.91 Å². The van der Waals surface area contributed by atoms with Gasteiger partial charge in [-0.15, -0.1) is 0 Å². The van der Waals surface area contributed by atoms with E-state index in [1.165, 1.54) is 7.11 Å². The number of aromatic nitrogens is 1. The van der Waals surface area contributed by atoms with Crippen molar-refractivity contribution < 1.29 is 19.4 Å². The molecule has 2 aliphatic heterocycles. The first kappa shape index (κ1) is 18.9. The highest BCUT2D eigenvalue weighted by Gasteiger charge is 2.57. The molecule has 4 atom stereocenters. The van der Waals surface area contributed by atoms with Gasteiger partial charge in [-0.1, -0.05) is 13.0 Å². The second-order valence-corrected chi connectivity index (χ2v) is 7.77. The van der Waals surface area contributed by atoms with Crippen LogP contribution in [0.5, 0.6) is 0 Å². The Morgan fingerprint density at radius 3 is 2.71 bits per heavy atom. The topological polar surface area (TPSA) is 88.8 Å². The van der Waals surface area contributed by atoms with E-state index in [0.717, 1.165) is 24.8 Å². The number of methoxy groups -OCH3 is 1. The maximum Gasteiger partial charge on any atom is 0.311 e. The van der Waals surface area contributed by atoms with Crippen LogP contribution in [0.25, 0.3) is 5.57 Å². The zero-order valence-electron chi connectivity index (χ0n) is 16.3. The quantitative estimate of drug-likeness (QED) is 0.792. The Balaban J connectivity index is 1.87. The van der Waals surface area contributed by atoms with Crippen LogP contribution in [-0.4, -0.2) is 46.2 Å². The molecule has 1 fully saturated rings. The molecule has 1 amide bonds. The Kier molecular flexibility index (Phi) is 4.87. The van der Waals surface area contributed by atoms with E-state index >= 15 is 0 Å². The number of ether oxygens (including phenoxy) is 1. The number of aliphatic hydroxyl groups excluding tert-OH is 1. The molecule has 0 spiro atoms. The predicted octanol–water partition coefficient (Wildman–Crippen LogP) is 1.49. The normalized spacial score (nSPS) is 28.1. The summed E-state index contributed by atoms with van der Waals surface area (Å²) in [5, 5.41) is 10.0. The van der Waals surface area contributed by atoms with Crippen molar-refractivity contribution in [3.8, 4) is 0 Å². The molecule has 3 aliphatic rings. The number of amides is 1. The summed E-state index contributed by atoms with van der Waals surface area (Å²) in [6, 6.07) is 2.70. The molecule has 28 heavy (non-hydrogen) atoms. The first-order valence-corrected chi connectivity index (χ1v) is 9.96. The number of hydrogen-bond acceptors (Lipinski definition) is 5. The van der Waals surface area contributed by atoms with Gasteiger partial charge in [-0.3, -0.25) is 14.4 Å². The summed E-state index contributed by atoms with van der Waals surface area (Å²) in [4.78, 5) is 40.2. The van der Waals surface area contributed by atoms with Crippen molar-refractivity contribution in [2.24, 2.45) is 11.8 Å². The summed E-state index contributed by atoms with van der Waals surface area (Å²) in [7, 11) is 1.31. The molecular formula is C21H26N2O5. The third kappa shape index (κ3) is 2.64. The van der Waals surface area contributed by atoms with Crippen molar-refractivity contribution in [1.29, 1.82) is 0 Å². The molecular weight excluding hydrogens is 360 g/mol. The molecule has 0 radical (unpaired) electrons. The highest BCUT2D eigenvalue weighted by Crippen LogP contribution is 2.49. The Morgan fingerprint density at radius 1 is 1.32 bits per heavy atom. The van der Waals surface area contributed by atoms with Gasteiger partial charge < -0.3 is 19.3 Å². The predicted molar refractivity (Wildman–Crippen MR) is 102 cm³/mol. The fraction of sp³-hybridized carbons (Fsp3) is 0.571. The number of carbonyl (C=O) groups excluding carboxylic acids is 2. The second-order valence-electron chi connectivity index (χ2n) is 7.77. The number of rotatable bonds is 4. The SMILES string of the molecule is CCC(=O)N1[C@@H]2c3ccc(C4=CCCC4)c(=O)n3C[C@H]1[C@H](CO)[C@H]2C(=O)OC. The fourth-order valence-electron chi connectivity index (χ4n) is 5.19. The third-order valence-electron chi connectivity index (χ3n) is 6.49. The monoisotopic (exact) mass is 386 g/mol. The van der Waals surface area contributed by atoms with Crippen LogP contribution in [0, 0.1) is 11.8 Å². The lowest BCUT2D eigenvalue weighted by Crippen LogP contribution is -2.49. The Morgan fingerprint density at radius 2 is 2.11 bits per heavy atom. The molecule has 4 rings (SSSR count). The fourth-order valence-corrected chi connectivity index (χ4v) is 5.19. The van der Waals surface area contributed by atoms with Crippen molar-refractivity contribution in [1.82, 2.24) is 9.47 Å². The minimum absolute atomic E-state index is 0.0774. The average Bonchev–Trinajstić information content (AvgIpc) is 3.32. The van der Waals surface area contributed by atoms with E-state index in [4.69, 9.17) is 4.74 Å². The van der Waals surface area contributed by atoms with Crippen molar-refractivity contribution >= 4 is 17.4 Å². The molecule has 1 aromatic heterocycles. The molecule has 1 aliphatic carbocycles. The summed E-state index contributed by atoms with van der Waals surface area (Å²) in [6.45, 7) is 1.83. The van der Waals surface area contributed by atoms with Gasteiger partial charge >= 0.3 is 5.97 Å². The first-order chi connectivity index (χ1) is 13.5. The van der Waals surface area contributed by atoms with Gasteiger partial charge in [0.05, 0.1) is 25.1 Å². The minimum atomic E-state index is -0.680. The summed E-state index contributed by atoms with van der Waals surface area (Å²) in [5.41, 5.74) is 2.34. The lowest BCUT2D eigenvalue weighted by atomic mass is 9.87. The summed E-state index contributed by atoms with van der Waals surface area (Å²) in [5.74, 6) is -1.67. The van der Waals surface area contributed by atoms with Gasteiger partial charge in [-0.25, -0.2) is 0 Å².